The maximum atomic E-state index is 11.9. The van der Waals surface area contributed by atoms with Gasteiger partial charge in [0.15, 0.2) is 0 Å². The Labute approximate surface area is 130 Å². The van der Waals surface area contributed by atoms with Gasteiger partial charge in [-0.1, -0.05) is 12.2 Å². The van der Waals surface area contributed by atoms with Gasteiger partial charge in [0.25, 0.3) is 0 Å². The highest BCUT2D eigenvalue weighted by atomic mass is 16.5. The molecule has 1 aromatic rings. The van der Waals surface area contributed by atoms with Gasteiger partial charge in [0, 0.05) is 12.4 Å². The summed E-state index contributed by atoms with van der Waals surface area (Å²) in [5.74, 6) is -0.913. The van der Waals surface area contributed by atoms with Crippen molar-refractivity contribution in [1.82, 2.24) is 4.98 Å². The highest BCUT2D eigenvalue weighted by Crippen LogP contribution is 2.09. The zero-order chi connectivity index (χ0) is 15.6. The Morgan fingerprint density at radius 3 is 1.77 bits per heavy atom. The number of allylic oxidation sites excluding steroid dienone is 2. The van der Waals surface area contributed by atoms with Crippen LogP contribution >= 0.6 is 0 Å². The fourth-order valence-corrected chi connectivity index (χ4v) is 2.12. The van der Waals surface area contributed by atoms with Crippen LogP contribution in [0.1, 0.15) is 59.2 Å². The number of hydrogen-bond acceptors (Lipinski definition) is 5. The Kier molecular flexibility index (Phi) is 6.61. The van der Waals surface area contributed by atoms with Crippen molar-refractivity contribution in [2.75, 3.05) is 13.2 Å². The fraction of sp³-hybridized carbons (Fsp3) is 0.471. The van der Waals surface area contributed by atoms with E-state index in [0.29, 0.717) is 13.2 Å². The summed E-state index contributed by atoms with van der Waals surface area (Å²) in [6, 6.07) is 1.47. The van der Waals surface area contributed by atoms with E-state index in [1.807, 2.05) is 0 Å². The predicted molar refractivity (Wildman–Crippen MR) is 81.6 cm³/mol. The van der Waals surface area contributed by atoms with Crippen LogP contribution in [-0.4, -0.2) is 30.1 Å². The van der Waals surface area contributed by atoms with Crippen LogP contribution in [-0.2, 0) is 9.47 Å². The van der Waals surface area contributed by atoms with Crippen LogP contribution in [0.25, 0.3) is 0 Å². The number of nitrogens with zero attached hydrogens (tertiary/aromatic N) is 1. The van der Waals surface area contributed by atoms with Gasteiger partial charge in [-0.2, -0.15) is 0 Å². The molecule has 2 bridgehead atoms. The van der Waals surface area contributed by atoms with Gasteiger partial charge in [0.05, 0.1) is 24.3 Å². The average Bonchev–Trinajstić information content (AvgIpc) is 2.55. The molecule has 2 heterocycles. The number of ether oxygens (including phenoxy) is 2. The average molecular weight is 303 g/mol. The summed E-state index contributed by atoms with van der Waals surface area (Å²) in [6.07, 6.45) is 12.7. The van der Waals surface area contributed by atoms with Gasteiger partial charge in [-0.15, -0.1) is 0 Å². The molecule has 0 spiro atoms. The lowest BCUT2D eigenvalue weighted by Gasteiger charge is -2.06. The van der Waals surface area contributed by atoms with E-state index in [9.17, 15) is 9.59 Å². The molecule has 0 aliphatic carbocycles. The third-order valence-corrected chi connectivity index (χ3v) is 3.37. The molecule has 22 heavy (non-hydrogen) atoms. The minimum atomic E-state index is -0.456. The van der Waals surface area contributed by atoms with Crippen LogP contribution in [0, 0.1) is 0 Å². The number of carbonyl (C=O) groups is 2. The van der Waals surface area contributed by atoms with E-state index in [4.69, 9.17) is 9.47 Å². The number of pyridine rings is 1. The lowest BCUT2D eigenvalue weighted by molar-refractivity contribution is 0.0496. The monoisotopic (exact) mass is 303 g/mol. The molecule has 0 N–H and O–H groups in total. The molecular formula is C17H21NO4. The molecular weight excluding hydrogens is 282 g/mol. The lowest BCUT2D eigenvalue weighted by atomic mass is 10.2. The van der Waals surface area contributed by atoms with Crippen molar-refractivity contribution in [3.63, 3.8) is 0 Å². The van der Waals surface area contributed by atoms with Crippen LogP contribution in [0.3, 0.4) is 0 Å². The van der Waals surface area contributed by atoms with Crippen molar-refractivity contribution < 1.29 is 19.1 Å². The van der Waals surface area contributed by atoms with E-state index in [2.05, 4.69) is 17.1 Å². The SMILES string of the molecule is O=C1OCCCC/C=C/CCCCOC(=O)c2cncc1c2. The van der Waals surface area contributed by atoms with Gasteiger partial charge in [0.1, 0.15) is 0 Å². The molecule has 0 saturated heterocycles. The standard InChI is InChI=1S/C17H21NO4/c19-16-14-11-15(13-18-12-14)17(20)22-10-8-6-4-2-1-3-5-7-9-21-16/h1-2,11-13H,3-10H2/b2-1+. The van der Waals surface area contributed by atoms with E-state index in [1.165, 1.54) is 18.5 Å². The highest BCUT2D eigenvalue weighted by Gasteiger charge is 2.13. The van der Waals surface area contributed by atoms with E-state index < -0.39 is 11.9 Å². The molecule has 1 aromatic heterocycles. The van der Waals surface area contributed by atoms with Gasteiger partial charge in [-0.3, -0.25) is 4.98 Å². The second-order valence-electron chi connectivity index (χ2n) is 5.20. The fourth-order valence-electron chi connectivity index (χ4n) is 2.12. The highest BCUT2D eigenvalue weighted by molar-refractivity contribution is 5.94. The number of fused-ring (bicyclic) bond motifs is 2. The van der Waals surface area contributed by atoms with Crippen molar-refractivity contribution in [3.8, 4) is 0 Å². The van der Waals surface area contributed by atoms with Gasteiger partial charge in [0.2, 0.25) is 0 Å². The van der Waals surface area contributed by atoms with Crippen molar-refractivity contribution in [2.24, 2.45) is 0 Å². The molecule has 5 heteroatoms. The van der Waals surface area contributed by atoms with Crippen molar-refractivity contribution in [1.29, 1.82) is 0 Å². The summed E-state index contributed by atoms with van der Waals surface area (Å²) in [6.45, 7) is 0.753. The molecule has 0 aromatic carbocycles. The first-order chi connectivity index (χ1) is 10.8. The first-order valence-corrected chi connectivity index (χ1v) is 7.71. The number of cyclic esters (lactones) is 2. The lowest BCUT2D eigenvalue weighted by Crippen LogP contribution is -2.11. The van der Waals surface area contributed by atoms with Gasteiger partial charge in [-0.25, -0.2) is 9.59 Å². The minimum Gasteiger partial charge on any atom is -0.462 e. The van der Waals surface area contributed by atoms with Crippen LogP contribution < -0.4 is 0 Å². The molecule has 1 aliphatic heterocycles. The molecule has 0 saturated carbocycles. The Bertz CT molecular complexity index is 496. The first-order valence-electron chi connectivity index (χ1n) is 7.71. The van der Waals surface area contributed by atoms with Crippen LogP contribution in [0.2, 0.25) is 0 Å². The van der Waals surface area contributed by atoms with Crippen molar-refractivity contribution in [2.45, 2.75) is 38.5 Å². The Hall–Kier alpha value is -2.17. The minimum absolute atomic E-state index is 0.277. The third kappa shape index (κ3) is 5.31. The maximum absolute atomic E-state index is 11.9. The Balaban J connectivity index is 2.03. The zero-order valence-corrected chi connectivity index (χ0v) is 12.6. The topological polar surface area (TPSA) is 65.5 Å². The number of aromatic nitrogens is 1. The quantitative estimate of drug-likeness (QED) is 0.543. The Morgan fingerprint density at radius 2 is 1.27 bits per heavy atom. The summed E-state index contributed by atoms with van der Waals surface area (Å²) >= 11 is 0. The predicted octanol–water partition coefficient (Wildman–Crippen LogP) is 3.31. The summed E-state index contributed by atoms with van der Waals surface area (Å²) in [5, 5.41) is 0. The van der Waals surface area contributed by atoms with Crippen LogP contribution in [0.15, 0.2) is 30.6 Å². The number of hydrogen-bond donors (Lipinski definition) is 0. The molecule has 5 nitrogen and oxygen atoms in total. The van der Waals surface area contributed by atoms with E-state index in [0.717, 1.165) is 38.5 Å². The Morgan fingerprint density at radius 1 is 0.773 bits per heavy atom. The molecule has 0 radical (unpaired) electrons. The molecule has 0 amide bonds. The summed E-state index contributed by atoms with van der Waals surface area (Å²) in [5.41, 5.74) is 0.553. The molecule has 1 aliphatic rings. The summed E-state index contributed by atoms with van der Waals surface area (Å²) in [4.78, 5) is 27.7. The van der Waals surface area contributed by atoms with E-state index >= 15 is 0 Å². The van der Waals surface area contributed by atoms with Gasteiger partial charge < -0.3 is 9.47 Å². The molecule has 0 fully saturated rings. The molecule has 0 unspecified atom stereocenters. The second kappa shape index (κ2) is 8.97. The zero-order valence-electron chi connectivity index (χ0n) is 12.6. The molecule has 118 valence electrons. The normalized spacial score (nSPS) is 19.6. The second-order valence-corrected chi connectivity index (χ2v) is 5.20. The molecule has 2 rings (SSSR count). The molecule has 0 atom stereocenters. The van der Waals surface area contributed by atoms with Crippen LogP contribution in [0.5, 0.6) is 0 Å². The van der Waals surface area contributed by atoms with Crippen molar-refractivity contribution in [3.05, 3.63) is 41.7 Å². The van der Waals surface area contributed by atoms with E-state index in [1.54, 1.807) is 0 Å². The number of esters is 2. The summed E-state index contributed by atoms with van der Waals surface area (Å²) < 4.78 is 10.4. The summed E-state index contributed by atoms with van der Waals surface area (Å²) in [7, 11) is 0. The van der Waals surface area contributed by atoms with Crippen molar-refractivity contribution >= 4 is 11.9 Å². The van der Waals surface area contributed by atoms with E-state index in [-0.39, 0.29) is 11.1 Å². The van der Waals surface area contributed by atoms with Crippen LogP contribution in [0.4, 0.5) is 0 Å². The first kappa shape index (κ1) is 16.2. The smallest absolute Gasteiger partial charge is 0.339 e. The van der Waals surface area contributed by atoms with Gasteiger partial charge in [-0.05, 0) is 44.6 Å². The largest absolute Gasteiger partial charge is 0.462 e. The maximum Gasteiger partial charge on any atom is 0.339 e. The third-order valence-electron chi connectivity index (χ3n) is 3.37. The number of rotatable bonds is 0. The van der Waals surface area contributed by atoms with Gasteiger partial charge >= 0.3 is 11.9 Å². The number of carbonyl (C=O) groups excluding carboxylic acids is 2.